The van der Waals surface area contributed by atoms with Gasteiger partial charge in [-0.2, -0.15) is 0 Å². The van der Waals surface area contributed by atoms with Crippen molar-refractivity contribution >= 4 is 11.9 Å². The summed E-state index contributed by atoms with van der Waals surface area (Å²) in [5.41, 5.74) is 1.08. The minimum Gasteiger partial charge on any atom is -0.497 e. The summed E-state index contributed by atoms with van der Waals surface area (Å²) in [6, 6.07) is 8.09. The van der Waals surface area contributed by atoms with E-state index in [1.165, 1.54) is 0 Å². The number of carbonyl (C=O) groups excluding carboxylic acids is 1. The van der Waals surface area contributed by atoms with Gasteiger partial charge in [0.15, 0.2) is 5.96 Å². The van der Waals surface area contributed by atoms with Gasteiger partial charge in [-0.05, 0) is 24.1 Å². The molecule has 1 fully saturated rings. The molecule has 0 spiro atoms. The molecule has 0 radical (unpaired) electrons. The zero-order chi connectivity index (χ0) is 19.6. The predicted octanol–water partition coefficient (Wildman–Crippen LogP) is 1.63. The molecule has 1 saturated heterocycles. The third-order valence-electron chi connectivity index (χ3n) is 4.50. The molecule has 7 nitrogen and oxygen atoms in total. The number of nitrogens with zero attached hydrogens (tertiary/aromatic N) is 2. The average molecular weight is 377 g/mol. The molecule has 2 N–H and O–H groups in total. The predicted molar refractivity (Wildman–Crippen MR) is 107 cm³/mol. The number of methoxy groups -OCH3 is 1. The van der Waals surface area contributed by atoms with Crippen molar-refractivity contribution in [1.29, 1.82) is 0 Å². The Kier molecular flexibility index (Phi) is 8.39. The molecular weight excluding hydrogens is 344 g/mol. The van der Waals surface area contributed by atoms with Crippen LogP contribution in [-0.4, -0.2) is 63.2 Å². The maximum atomic E-state index is 12.1. The van der Waals surface area contributed by atoms with Crippen molar-refractivity contribution in [2.75, 3.05) is 40.4 Å². The van der Waals surface area contributed by atoms with Gasteiger partial charge in [0.25, 0.3) is 0 Å². The van der Waals surface area contributed by atoms with Crippen molar-refractivity contribution in [2.24, 2.45) is 10.9 Å². The van der Waals surface area contributed by atoms with Crippen molar-refractivity contribution in [3.05, 3.63) is 29.8 Å². The van der Waals surface area contributed by atoms with E-state index in [-0.39, 0.29) is 17.9 Å². The van der Waals surface area contributed by atoms with E-state index in [1.807, 2.05) is 43.0 Å². The monoisotopic (exact) mass is 376 g/mol. The molecule has 0 aliphatic carbocycles. The molecule has 1 atom stereocenters. The quantitative estimate of drug-likeness (QED) is 0.410. The Morgan fingerprint density at radius 2 is 2.22 bits per heavy atom. The summed E-state index contributed by atoms with van der Waals surface area (Å²) >= 11 is 0. The van der Waals surface area contributed by atoms with Crippen molar-refractivity contribution in [2.45, 2.75) is 32.9 Å². The fraction of sp³-hybridized carbons (Fsp3) is 0.600. The highest BCUT2D eigenvalue weighted by atomic mass is 16.5. The van der Waals surface area contributed by atoms with Crippen LogP contribution < -0.4 is 15.4 Å². The van der Waals surface area contributed by atoms with Gasteiger partial charge in [-0.3, -0.25) is 9.79 Å². The SMILES string of the molecule is CN=C(NCCOCc1cccc(OC)c1)NC1CCN(C(=O)C(C)C)C1. The number of rotatable bonds is 8. The molecule has 7 heteroatoms. The number of aliphatic imine (C=N–C) groups is 1. The first-order valence-electron chi connectivity index (χ1n) is 9.50. The second kappa shape index (κ2) is 10.8. The van der Waals surface area contributed by atoms with Crippen molar-refractivity contribution in [1.82, 2.24) is 15.5 Å². The van der Waals surface area contributed by atoms with Crippen LogP contribution in [0.4, 0.5) is 0 Å². The Bertz CT molecular complexity index is 633. The second-order valence-corrected chi connectivity index (χ2v) is 6.97. The highest BCUT2D eigenvalue weighted by Crippen LogP contribution is 2.13. The van der Waals surface area contributed by atoms with Crippen LogP contribution in [0.1, 0.15) is 25.8 Å². The molecule has 150 valence electrons. The maximum Gasteiger partial charge on any atom is 0.225 e. The van der Waals surface area contributed by atoms with Crippen LogP contribution in [0.3, 0.4) is 0 Å². The minimum atomic E-state index is 0.0444. The molecule has 1 aromatic carbocycles. The van der Waals surface area contributed by atoms with Crippen LogP contribution >= 0.6 is 0 Å². The lowest BCUT2D eigenvalue weighted by Crippen LogP contribution is -2.46. The van der Waals surface area contributed by atoms with Gasteiger partial charge in [-0.25, -0.2) is 0 Å². The fourth-order valence-electron chi connectivity index (χ4n) is 3.03. The van der Waals surface area contributed by atoms with E-state index in [0.29, 0.717) is 19.8 Å². The largest absolute Gasteiger partial charge is 0.497 e. The Morgan fingerprint density at radius 1 is 1.41 bits per heavy atom. The fourth-order valence-corrected chi connectivity index (χ4v) is 3.03. The van der Waals surface area contributed by atoms with Gasteiger partial charge in [0.1, 0.15) is 5.75 Å². The zero-order valence-corrected chi connectivity index (χ0v) is 16.8. The summed E-state index contributed by atoms with van der Waals surface area (Å²) in [7, 11) is 3.41. The number of hydrogen-bond acceptors (Lipinski definition) is 4. The van der Waals surface area contributed by atoms with Crippen LogP contribution in [0, 0.1) is 5.92 Å². The van der Waals surface area contributed by atoms with Gasteiger partial charge in [0.05, 0.1) is 20.3 Å². The lowest BCUT2D eigenvalue weighted by Gasteiger charge is -2.20. The zero-order valence-electron chi connectivity index (χ0n) is 16.8. The van der Waals surface area contributed by atoms with E-state index in [0.717, 1.165) is 36.8 Å². The summed E-state index contributed by atoms with van der Waals surface area (Å²) < 4.78 is 10.9. The number of ether oxygens (including phenoxy) is 2. The van der Waals surface area contributed by atoms with Crippen LogP contribution in [0.25, 0.3) is 0 Å². The molecule has 1 aliphatic heterocycles. The normalized spacial score (nSPS) is 17.3. The smallest absolute Gasteiger partial charge is 0.225 e. The first kappa shape index (κ1) is 21.0. The number of amides is 1. The summed E-state index contributed by atoms with van der Waals surface area (Å²) in [4.78, 5) is 18.3. The Balaban J connectivity index is 1.65. The van der Waals surface area contributed by atoms with Gasteiger partial charge in [-0.15, -0.1) is 0 Å². The maximum absolute atomic E-state index is 12.1. The molecule has 1 heterocycles. The van der Waals surface area contributed by atoms with Gasteiger partial charge >= 0.3 is 0 Å². The molecule has 27 heavy (non-hydrogen) atoms. The summed E-state index contributed by atoms with van der Waals surface area (Å²) in [5, 5.41) is 6.64. The highest BCUT2D eigenvalue weighted by molar-refractivity contribution is 5.81. The van der Waals surface area contributed by atoms with Crippen LogP contribution in [0.2, 0.25) is 0 Å². The number of hydrogen-bond donors (Lipinski definition) is 2. The van der Waals surface area contributed by atoms with Crippen LogP contribution in [-0.2, 0) is 16.1 Å². The van der Waals surface area contributed by atoms with E-state index >= 15 is 0 Å². The standard InChI is InChI=1S/C20H32N4O3/c1-15(2)19(25)24-10-8-17(13-24)23-20(21-3)22-9-11-27-14-16-6-5-7-18(12-16)26-4/h5-7,12,15,17H,8-11,13-14H2,1-4H3,(H2,21,22,23). The average Bonchev–Trinajstić information content (AvgIpc) is 3.14. The second-order valence-electron chi connectivity index (χ2n) is 6.97. The molecule has 2 rings (SSSR count). The summed E-state index contributed by atoms with van der Waals surface area (Å²) in [6.45, 7) is 7.18. The van der Waals surface area contributed by atoms with E-state index in [1.54, 1.807) is 14.2 Å². The lowest BCUT2D eigenvalue weighted by atomic mass is 10.2. The first-order valence-corrected chi connectivity index (χ1v) is 9.50. The molecule has 1 unspecified atom stereocenters. The Hall–Kier alpha value is -2.28. The highest BCUT2D eigenvalue weighted by Gasteiger charge is 2.27. The molecule has 1 aromatic rings. The topological polar surface area (TPSA) is 75.2 Å². The number of likely N-dealkylation sites (tertiary alicyclic amines) is 1. The molecule has 0 saturated carbocycles. The van der Waals surface area contributed by atoms with Crippen LogP contribution in [0.5, 0.6) is 5.75 Å². The summed E-state index contributed by atoms with van der Waals surface area (Å²) in [6.07, 6.45) is 0.936. The van der Waals surface area contributed by atoms with Gasteiger partial charge in [-0.1, -0.05) is 26.0 Å². The van der Waals surface area contributed by atoms with E-state index in [4.69, 9.17) is 9.47 Å². The minimum absolute atomic E-state index is 0.0444. The third kappa shape index (κ3) is 6.75. The van der Waals surface area contributed by atoms with Gasteiger partial charge < -0.3 is 25.0 Å². The molecule has 1 aliphatic rings. The van der Waals surface area contributed by atoms with E-state index < -0.39 is 0 Å². The number of carbonyl (C=O) groups is 1. The number of nitrogens with one attached hydrogen (secondary N) is 2. The Labute approximate surface area is 162 Å². The molecular formula is C20H32N4O3. The van der Waals surface area contributed by atoms with Crippen molar-refractivity contribution < 1.29 is 14.3 Å². The lowest BCUT2D eigenvalue weighted by molar-refractivity contribution is -0.133. The third-order valence-corrected chi connectivity index (χ3v) is 4.50. The number of benzene rings is 1. The Morgan fingerprint density at radius 3 is 2.93 bits per heavy atom. The van der Waals surface area contributed by atoms with Crippen LogP contribution in [0.15, 0.2) is 29.3 Å². The number of guanidine groups is 1. The van der Waals surface area contributed by atoms with Crippen molar-refractivity contribution in [3.63, 3.8) is 0 Å². The van der Waals surface area contributed by atoms with Gasteiger partial charge in [0.2, 0.25) is 5.91 Å². The first-order chi connectivity index (χ1) is 13.0. The molecule has 1 amide bonds. The van der Waals surface area contributed by atoms with E-state index in [9.17, 15) is 4.79 Å². The van der Waals surface area contributed by atoms with Gasteiger partial charge in [0, 0.05) is 38.6 Å². The molecule has 0 aromatic heterocycles. The van der Waals surface area contributed by atoms with E-state index in [2.05, 4.69) is 15.6 Å². The molecule has 0 bridgehead atoms. The van der Waals surface area contributed by atoms with Crippen molar-refractivity contribution in [3.8, 4) is 5.75 Å². The summed E-state index contributed by atoms with van der Waals surface area (Å²) in [5.74, 6) is 1.83.